The van der Waals surface area contributed by atoms with Gasteiger partial charge in [0.05, 0.1) is 22.4 Å². The van der Waals surface area contributed by atoms with E-state index in [0.717, 1.165) is 38.3 Å². The maximum atomic E-state index is 5.12. The van der Waals surface area contributed by atoms with Crippen LogP contribution in [0.2, 0.25) is 0 Å². The molecule has 0 N–H and O–H groups in total. The molecular weight excluding hydrogens is 639 g/mol. The first-order chi connectivity index (χ1) is 25.0. The number of hydrogen-bond acceptors (Lipinski definition) is 3. The van der Waals surface area contributed by atoms with Gasteiger partial charge in [0.25, 0.3) is 0 Å². The fourth-order valence-electron chi connectivity index (χ4n) is 8.00. The molecule has 2 heterocycles. The van der Waals surface area contributed by atoms with E-state index >= 15 is 0 Å². The number of para-hydroxylation sites is 1. The second-order valence-corrected chi connectivity index (χ2v) is 14.9. The SMILES string of the molecule is CC1(C)c2ccccc2-c2cc3c4ccccc4n(-c4cc(Sc5cc(-c6ccccc6)nc(-c6ccccc6)n5)cc5ccccc45)c3cc21. The van der Waals surface area contributed by atoms with Crippen LogP contribution in [0.15, 0.2) is 174 Å². The summed E-state index contributed by atoms with van der Waals surface area (Å²) in [6.45, 7) is 4.72. The Balaban J connectivity index is 1.19. The summed E-state index contributed by atoms with van der Waals surface area (Å²) < 4.78 is 2.49. The van der Waals surface area contributed by atoms with E-state index < -0.39 is 0 Å². The molecule has 0 aliphatic heterocycles. The zero-order valence-corrected chi connectivity index (χ0v) is 29.2. The molecule has 2 aromatic heterocycles. The molecule has 1 aliphatic carbocycles. The Morgan fingerprint density at radius 3 is 2.02 bits per heavy atom. The van der Waals surface area contributed by atoms with E-state index in [1.165, 1.54) is 54.8 Å². The quantitative estimate of drug-likeness (QED) is 0.171. The second kappa shape index (κ2) is 11.5. The van der Waals surface area contributed by atoms with Crippen molar-refractivity contribution in [1.82, 2.24) is 14.5 Å². The molecule has 7 aromatic carbocycles. The van der Waals surface area contributed by atoms with Crippen LogP contribution in [0, 0.1) is 0 Å². The van der Waals surface area contributed by atoms with E-state index in [1.807, 2.05) is 24.3 Å². The molecule has 0 unspecified atom stereocenters. The van der Waals surface area contributed by atoms with Gasteiger partial charge in [0, 0.05) is 37.6 Å². The summed E-state index contributed by atoms with van der Waals surface area (Å²) in [5.41, 5.74) is 11.9. The summed E-state index contributed by atoms with van der Waals surface area (Å²) in [7, 11) is 0. The van der Waals surface area contributed by atoms with E-state index in [4.69, 9.17) is 9.97 Å². The predicted molar refractivity (Wildman–Crippen MR) is 213 cm³/mol. The minimum absolute atomic E-state index is 0.0961. The summed E-state index contributed by atoms with van der Waals surface area (Å²) in [6.07, 6.45) is 0. The zero-order chi connectivity index (χ0) is 34.1. The van der Waals surface area contributed by atoms with E-state index in [1.54, 1.807) is 11.8 Å². The van der Waals surface area contributed by atoms with Crippen molar-refractivity contribution in [1.29, 1.82) is 0 Å². The van der Waals surface area contributed by atoms with Crippen LogP contribution in [0.3, 0.4) is 0 Å². The highest BCUT2D eigenvalue weighted by molar-refractivity contribution is 7.99. The molecular formula is C47H33N3S. The lowest BCUT2D eigenvalue weighted by Crippen LogP contribution is -2.15. The van der Waals surface area contributed by atoms with Crippen LogP contribution in [0.1, 0.15) is 25.0 Å². The van der Waals surface area contributed by atoms with Crippen LogP contribution < -0.4 is 0 Å². The van der Waals surface area contributed by atoms with Gasteiger partial charge in [-0.2, -0.15) is 0 Å². The average Bonchev–Trinajstić information content (AvgIpc) is 3.62. The lowest BCUT2D eigenvalue weighted by atomic mass is 9.82. The van der Waals surface area contributed by atoms with E-state index in [0.29, 0.717) is 0 Å². The summed E-state index contributed by atoms with van der Waals surface area (Å²) in [5.74, 6) is 0.723. The number of aromatic nitrogens is 3. The van der Waals surface area contributed by atoms with Gasteiger partial charge in [-0.3, -0.25) is 0 Å². The van der Waals surface area contributed by atoms with Crippen LogP contribution in [-0.2, 0) is 5.41 Å². The first kappa shape index (κ1) is 29.9. The van der Waals surface area contributed by atoms with Crippen molar-refractivity contribution in [2.24, 2.45) is 0 Å². The first-order valence-corrected chi connectivity index (χ1v) is 18.2. The molecule has 0 fully saturated rings. The van der Waals surface area contributed by atoms with Crippen molar-refractivity contribution in [3.8, 4) is 39.5 Å². The molecule has 4 heteroatoms. The number of fused-ring (bicyclic) bond motifs is 7. The Morgan fingerprint density at radius 2 is 1.20 bits per heavy atom. The highest BCUT2D eigenvalue weighted by Crippen LogP contribution is 2.51. The van der Waals surface area contributed by atoms with Crippen molar-refractivity contribution < 1.29 is 0 Å². The number of benzene rings is 7. The third-order valence-electron chi connectivity index (χ3n) is 10.5. The molecule has 51 heavy (non-hydrogen) atoms. The van der Waals surface area contributed by atoms with Gasteiger partial charge in [0.2, 0.25) is 0 Å². The maximum Gasteiger partial charge on any atom is 0.161 e. The monoisotopic (exact) mass is 671 g/mol. The predicted octanol–water partition coefficient (Wildman–Crippen LogP) is 12.5. The van der Waals surface area contributed by atoms with E-state index in [9.17, 15) is 0 Å². The zero-order valence-electron chi connectivity index (χ0n) is 28.3. The minimum atomic E-state index is -0.0961. The van der Waals surface area contributed by atoms with Crippen LogP contribution in [0.5, 0.6) is 0 Å². The van der Waals surface area contributed by atoms with Gasteiger partial charge < -0.3 is 4.57 Å². The Labute approximate surface area is 301 Å². The Kier molecular flexibility index (Phi) is 6.77. The summed E-state index contributed by atoms with van der Waals surface area (Å²) in [5, 5.41) is 5.84. The van der Waals surface area contributed by atoms with Crippen LogP contribution in [-0.4, -0.2) is 14.5 Å². The molecule has 1 aliphatic rings. The molecule has 0 saturated heterocycles. The molecule has 0 amide bonds. The molecule has 0 bridgehead atoms. The largest absolute Gasteiger partial charge is 0.309 e. The molecule has 9 aromatic rings. The second-order valence-electron chi connectivity index (χ2n) is 13.9. The molecule has 0 spiro atoms. The number of nitrogens with zero attached hydrogens (tertiary/aromatic N) is 3. The highest BCUT2D eigenvalue weighted by Gasteiger charge is 2.36. The maximum absolute atomic E-state index is 5.12. The van der Waals surface area contributed by atoms with Gasteiger partial charge in [-0.25, -0.2) is 9.97 Å². The molecule has 3 nitrogen and oxygen atoms in total. The van der Waals surface area contributed by atoms with Gasteiger partial charge in [-0.1, -0.05) is 153 Å². The number of hydrogen-bond donors (Lipinski definition) is 0. The topological polar surface area (TPSA) is 30.7 Å². The van der Waals surface area contributed by atoms with Gasteiger partial charge in [0.15, 0.2) is 5.82 Å². The molecule has 0 saturated carbocycles. The average molecular weight is 672 g/mol. The van der Waals surface area contributed by atoms with Crippen molar-refractivity contribution in [2.75, 3.05) is 0 Å². The Hall–Kier alpha value is -5.97. The van der Waals surface area contributed by atoms with Gasteiger partial charge >= 0.3 is 0 Å². The third kappa shape index (κ3) is 4.82. The van der Waals surface area contributed by atoms with Crippen molar-refractivity contribution in [3.63, 3.8) is 0 Å². The summed E-state index contributed by atoms with van der Waals surface area (Å²) >= 11 is 1.69. The van der Waals surface area contributed by atoms with Gasteiger partial charge in [0.1, 0.15) is 5.03 Å². The van der Waals surface area contributed by atoms with Crippen LogP contribution >= 0.6 is 11.8 Å². The van der Waals surface area contributed by atoms with Crippen LogP contribution in [0.4, 0.5) is 0 Å². The van der Waals surface area contributed by atoms with Crippen molar-refractivity contribution in [3.05, 3.63) is 175 Å². The Bertz CT molecular complexity index is 2740. The molecule has 0 atom stereocenters. The summed E-state index contributed by atoms with van der Waals surface area (Å²) in [4.78, 5) is 11.3. The van der Waals surface area contributed by atoms with Gasteiger partial charge in [-0.15, -0.1) is 0 Å². The van der Waals surface area contributed by atoms with Crippen molar-refractivity contribution in [2.45, 2.75) is 29.2 Å². The fourth-order valence-corrected chi connectivity index (χ4v) is 8.90. The fraction of sp³-hybridized carbons (Fsp3) is 0.0638. The molecule has 242 valence electrons. The normalized spacial score (nSPS) is 13.1. The molecule has 0 radical (unpaired) electrons. The highest BCUT2D eigenvalue weighted by atomic mass is 32.2. The van der Waals surface area contributed by atoms with Crippen molar-refractivity contribution >= 4 is 44.3 Å². The van der Waals surface area contributed by atoms with Gasteiger partial charge in [-0.05, 0) is 64.0 Å². The van der Waals surface area contributed by atoms with Crippen LogP contribution in [0.25, 0.3) is 72.0 Å². The number of rotatable bonds is 5. The third-order valence-corrected chi connectivity index (χ3v) is 11.3. The standard InChI is InChI=1S/C47H33N3S/c1-47(2)39-23-13-11-21-35(39)37-27-38-36-22-12-14-24-42(36)50(44(38)28-40(37)47)43-26-33(25-32-19-9-10-20-34(32)43)51-45-29-41(30-15-5-3-6-16-30)48-46(49-45)31-17-7-4-8-18-31/h3-29H,1-2H3. The lowest BCUT2D eigenvalue weighted by molar-refractivity contribution is 0.661. The van der Waals surface area contributed by atoms with E-state index in [2.05, 4.69) is 158 Å². The first-order valence-electron chi connectivity index (χ1n) is 17.4. The summed E-state index contributed by atoms with van der Waals surface area (Å²) in [6, 6.07) is 58.8. The Morgan fingerprint density at radius 1 is 0.510 bits per heavy atom. The minimum Gasteiger partial charge on any atom is -0.309 e. The molecule has 10 rings (SSSR count). The smallest absolute Gasteiger partial charge is 0.161 e. The van der Waals surface area contributed by atoms with E-state index in [-0.39, 0.29) is 5.41 Å². The lowest BCUT2D eigenvalue weighted by Gasteiger charge is -2.22.